The van der Waals surface area contributed by atoms with Crippen LogP contribution < -0.4 is 5.32 Å². The quantitative estimate of drug-likeness (QED) is 0.0320. The van der Waals surface area contributed by atoms with Gasteiger partial charge in [0, 0.05) is 12.8 Å². The molecule has 0 aliphatic carbocycles. The second-order valence-electron chi connectivity index (χ2n) is 26.0. The molecule has 0 rings (SSSR count). The van der Waals surface area contributed by atoms with E-state index in [1.165, 1.54) is 353 Å². The molecule has 0 fully saturated rings. The molecule has 0 heterocycles. The van der Waals surface area contributed by atoms with Gasteiger partial charge in [0.05, 0.1) is 25.4 Å². The van der Waals surface area contributed by atoms with Crippen molar-refractivity contribution in [3.63, 3.8) is 0 Å². The van der Waals surface area contributed by atoms with Gasteiger partial charge < -0.3 is 20.3 Å². The predicted octanol–water partition coefficient (Wildman–Crippen LogP) is 24.5. The summed E-state index contributed by atoms with van der Waals surface area (Å²) in [5.74, 6) is -0.0452. The van der Waals surface area contributed by atoms with Crippen molar-refractivity contribution in [3.8, 4) is 0 Å². The lowest BCUT2D eigenvalue weighted by molar-refractivity contribution is -0.143. The largest absolute Gasteiger partial charge is 0.466 e. The van der Waals surface area contributed by atoms with Gasteiger partial charge in [0.1, 0.15) is 0 Å². The molecule has 0 aromatic heterocycles. The molecule has 0 aliphatic heterocycles. The first-order chi connectivity index (χ1) is 40.5. The Labute approximate surface area is 513 Å². The standard InChI is InChI=1S/C76H147NO5/c1-3-5-7-9-11-13-15-17-45-48-52-56-60-64-68-74(79)73(72-78)77-75(80)69-65-61-57-53-49-46-43-41-39-37-35-33-31-29-27-25-23-21-19-18-20-22-24-26-28-30-32-34-36-38-40-42-44-47-51-55-59-63-67-71-82-76(81)70-66-62-58-54-50-16-14-12-10-8-6-4-2/h12,14,64,68,73-74,78-79H,3-11,13,15-63,65-67,69-72H2,1-2H3,(H,77,80)/b14-12-,68-64+. The summed E-state index contributed by atoms with van der Waals surface area (Å²) in [6.45, 7) is 4.91. The van der Waals surface area contributed by atoms with Crippen LogP contribution in [0.5, 0.6) is 0 Å². The number of rotatable bonds is 71. The zero-order chi connectivity index (χ0) is 59.2. The number of carbonyl (C=O) groups excluding carboxylic acids is 2. The van der Waals surface area contributed by atoms with Crippen LogP contribution in [-0.2, 0) is 14.3 Å². The van der Waals surface area contributed by atoms with Crippen LogP contribution in [0.3, 0.4) is 0 Å². The van der Waals surface area contributed by atoms with Gasteiger partial charge in [-0.2, -0.15) is 0 Å². The van der Waals surface area contributed by atoms with Crippen LogP contribution in [0.1, 0.15) is 425 Å². The Balaban J connectivity index is 3.29. The Morgan fingerprint density at radius 1 is 0.329 bits per heavy atom. The van der Waals surface area contributed by atoms with Crippen LogP contribution in [0.25, 0.3) is 0 Å². The summed E-state index contributed by atoms with van der Waals surface area (Å²) in [5.41, 5.74) is 0. The second-order valence-corrected chi connectivity index (χ2v) is 26.0. The lowest BCUT2D eigenvalue weighted by Crippen LogP contribution is -2.45. The first-order valence-electron chi connectivity index (χ1n) is 37.6. The van der Waals surface area contributed by atoms with E-state index in [9.17, 15) is 19.8 Å². The van der Waals surface area contributed by atoms with Gasteiger partial charge in [-0.25, -0.2) is 0 Å². The fraction of sp³-hybridized carbons (Fsp3) is 0.921. The molecule has 0 radical (unpaired) electrons. The normalized spacial score (nSPS) is 12.6. The van der Waals surface area contributed by atoms with Crippen molar-refractivity contribution >= 4 is 11.9 Å². The Kier molecular flexibility index (Phi) is 70.4. The van der Waals surface area contributed by atoms with Crippen LogP contribution in [0.4, 0.5) is 0 Å². The van der Waals surface area contributed by atoms with E-state index in [4.69, 9.17) is 4.74 Å². The van der Waals surface area contributed by atoms with E-state index in [0.717, 1.165) is 44.9 Å². The monoisotopic (exact) mass is 1150 g/mol. The summed E-state index contributed by atoms with van der Waals surface area (Å²) in [7, 11) is 0. The predicted molar refractivity (Wildman–Crippen MR) is 361 cm³/mol. The fourth-order valence-electron chi connectivity index (χ4n) is 12.0. The average molecular weight is 1160 g/mol. The van der Waals surface area contributed by atoms with Gasteiger partial charge in [-0.3, -0.25) is 9.59 Å². The summed E-state index contributed by atoms with van der Waals surface area (Å²) >= 11 is 0. The maximum absolute atomic E-state index is 12.5. The van der Waals surface area contributed by atoms with Gasteiger partial charge in [-0.05, 0) is 57.8 Å². The minimum absolute atomic E-state index is 0.0142. The van der Waals surface area contributed by atoms with Crippen molar-refractivity contribution < 1.29 is 24.5 Å². The molecule has 0 saturated heterocycles. The highest BCUT2D eigenvalue weighted by molar-refractivity contribution is 5.76. The van der Waals surface area contributed by atoms with Gasteiger partial charge in [0.2, 0.25) is 5.91 Å². The Morgan fingerprint density at radius 2 is 0.573 bits per heavy atom. The number of esters is 1. The van der Waals surface area contributed by atoms with Crippen molar-refractivity contribution in [1.82, 2.24) is 5.32 Å². The number of aliphatic hydroxyl groups excluding tert-OH is 2. The van der Waals surface area contributed by atoms with Crippen LogP contribution in [0.2, 0.25) is 0 Å². The molecule has 3 N–H and O–H groups in total. The molecule has 0 spiro atoms. The van der Waals surface area contributed by atoms with Crippen molar-refractivity contribution in [1.29, 1.82) is 0 Å². The Bertz CT molecular complexity index is 1280. The van der Waals surface area contributed by atoms with Crippen molar-refractivity contribution in [2.75, 3.05) is 13.2 Å². The third-order valence-corrected chi connectivity index (χ3v) is 17.7. The Morgan fingerprint density at radius 3 is 0.890 bits per heavy atom. The van der Waals surface area contributed by atoms with E-state index < -0.39 is 12.1 Å². The fourth-order valence-corrected chi connectivity index (χ4v) is 12.0. The molecule has 0 bridgehead atoms. The molecule has 0 saturated carbocycles. The van der Waals surface area contributed by atoms with Crippen LogP contribution in [-0.4, -0.2) is 47.4 Å². The molecular weight excluding hydrogens is 1010 g/mol. The summed E-state index contributed by atoms with van der Waals surface area (Å²) in [4.78, 5) is 24.5. The smallest absolute Gasteiger partial charge is 0.305 e. The minimum atomic E-state index is -0.839. The van der Waals surface area contributed by atoms with Gasteiger partial charge in [-0.1, -0.05) is 378 Å². The van der Waals surface area contributed by atoms with Crippen LogP contribution in [0.15, 0.2) is 24.3 Å². The van der Waals surface area contributed by atoms with Crippen molar-refractivity contribution in [2.24, 2.45) is 0 Å². The highest BCUT2D eigenvalue weighted by atomic mass is 16.5. The van der Waals surface area contributed by atoms with E-state index in [-0.39, 0.29) is 18.5 Å². The number of ether oxygens (including phenoxy) is 1. The van der Waals surface area contributed by atoms with E-state index in [1.807, 2.05) is 6.08 Å². The van der Waals surface area contributed by atoms with Gasteiger partial charge in [-0.15, -0.1) is 0 Å². The second kappa shape index (κ2) is 71.8. The number of allylic oxidation sites excluding steroid dienone is 3. The van der Waals surface area contributed by atoms with E-state index in [1.54, 1.807) is 6.08 Å². The molecule has 0 aromatic rings. The van der Waals surface area contributed by atoms with E-state index in [0.29, 0.717) is 19.4 Å². The number of hydrogen-bond acceptors (Lipinski definition) is 5. The maximum Gasteiger partial charge on any atom is 0.305 e. The highest BCUT2D eigenvalue weighted by Gasteiger charge is 2.18. The summed E-state index contributed by atoms with van der Waals surface area (Å²) in [6.07, 6.45) is 91.6. The molecule has 486 valence electrons. The topological polar surface area (TPSA) is 95.9 Å². The molecule has 6 heteroatoms. The third-order valence-electron chi connectivity index (χ3n) is 17.7. The summed E-state index contributed by atoms with van der Waals surface area (Å²) in [6, 6.07) is -0.622. The van der Waals surface area contributed by atoms with Crippen LogP contribution in [0, 0.1) is 0 Å². The minimum Gasteiger partial charge on any atom is -0.466 e. The number of nitrogens with one attached hydrogen (secondary N) is 1. The van der Waals surface area contributed by atoms with E-state index in [2.05, 4.69) is 31.3 Å². The number of hydrogen-bond donors (Lipinski definition) is 3. The van der Waals surface area contributed by atoms with Gasteiger partial charge in [0.15, 0.2) is 0 Å². The average Bonchev–Trinajstić information content (AvgIpc) is 3.48. The van der Waals surface area contributed by atoms with Crippen LogP contribution >= 0.6 is 0 Å². The molecule has 6 nitrogen and oxygen atoms in total. The highest BCUT2D eigenvalue weighted by Crippen LogP contribution is 2.20. The summed E-state index contributed by atoms with van der Waals surface area (Å²) in [5, 5.41) is 23.2. The van der Waals surface area contributed by atoms with E-state index >= 15 is 0 Å². The first-order valence-corrected chi connectivity index (χ1v) is 37.6. The van der Waals surface area contributed by atoms with Gasteiger partial charge in [0.25, 0.3) is 0 Å². The molecule has 1 amide bonds. The molecule has 0 aliphatic rings. The molecule has 82 heavy (non-hydrogen) atoms. The molecule has 2 unspecified atom stereocenters. The zero-order valence-corrected chi connectivity index (χ0v) is 55.8. The lowest BCUT2D eigenvalue weighted by atomic mass is 10.0. The first kappa shape index (κ1) is 80.3. The molecule has 0 aromatic carbocycles. The van der Waals surface area contributed by atoms with Crippen molar-refractivity contribution in [2.45, 2.75) is 437 Å². The zero-order valence-electron chi connectivity index (χ0n) is 55.8. The Hall–Kier alpha value is -1.66. The number of carbonyl (C=O) groups is 2. The number of aliphatic hydroxyl groups is 2. The summed E-state index contributed by atoms with van der Waals surface area (Å²) < 4.78 is 5.48. The SMILES string of the molecule is CCCCC/C=C\CCCCCCCC(=O)OCCCCCCCCCCCCCCCCCCCCCCCCCCCCCCCCCCCCCCCCCC(=O)NC(CO)C(O)/C=C/CCCCCCCCCCCCCC. The molecule has 2 atom stereocenters. The lowest BCUT2D eigenvalue weighted by Gasteiger charge is -2.20. The third kappa shape index (κ3) is 67.5. The number of amides is 1. The van der Waals surface area contributed by atoms with Crippen molar-refractivity contribution in [3.05, 3.63) is 24.3 Å². The maximum atomic E-state index is 12.5. The molecular formula is C76H147NO5. The number of unbranched alkanes of at least 4 members (excludes halogenated alkanes) is 58. The van der Waals surface area contributed by atoms with Gasteiger partial charge >= 0.3 is 5.97 Å².